The number of ketones is 1. The summed E-state index contributed by atoms with van der Waals surface area (Å²) in [5.74, 6) is -0.939. The van der Waals surface area contributed by atoms with Crippen molar-refractivity contribution in [2.75, 3.05) is 6.61 Å². The highest BCUT2D eigenvalue weighted by Gasteiger charge is 2.77. The summed E-state index contributed by atoms with van der Waals surface area (Å²) in [5.41, 5.74) is -0.971. The van der Waals surface area contributed by atoms with Gasteiger partial charge in [0, 0.05) is 11.3 Å². The highest BCUT2D eigenvalue weighted by molar-refractivity contribution is 6.04. The van der Waals surface area contributed by atoms with E-state index in [0.717, 1.165) is 25.7 Å². The van der Waals surface area contributed by atoms with E-state index >= 15 is 0 Å². The van der Waals surface area contributed by atoms with Gasteiger partial charge < -0.3 is 19.7 Å². The summed E-state index contributed by atoms with van der Waals surface area (Å²) in [4.78, 5) is 13.5. The van der Waals surface area contributed by atoms with Gasteiger partial charge in [0.25, 0.3) is 0 Å². The van der Waals surface area contributed by atoms with Gasteiger partial charge in [-0.3, -0.25) is 4.79 Å². The fraction of sp³-hybridized carbons (Fsp3) is 0.870. The molecule has 5 heteroatoms. The molecule has 5 nitrogen and oxygen atoms in total. The van der Waals surface area contributed by atoms with Crippen LogP contribution in [0.4, 0.5) is 0 Å². The summed E-state index contributed by atoms with van der Waals surface area (Å²) < 4.78 is 12.8. The second-order valence-corrected chi connectivity index (χ2v) is 11.2. The van der Waals surface area contributed by atoms with Crippen LogP contribution < -0.4 is 0 Å². The Balaban J connectivity index is 1.71. The van der Waals surface area contributed by atoms with E-state index in [2.05, 4.69) is 20.4 Å². The van der Waals surface area contributed by atoms with Gasteiger partial charge in [-0.2, -0.15) is 0 Å². The third-order valence-corrected chi connectivity index (χ3v) is 9.34. The third-order valence-electron chi connectivity index (χ3n) is 9.34. The van der Waals surface area contributed by atoms with Crippen molar-refractivity contribution in [3.63, 3.8) is 0 Å². The Kier molecular flexibility index (Phi) is 3.76. The molecule has 0 radical (unpaired) electrons. The first-order valence-electron chi connectivity index (χ1n) is 10.9. The molecule has 4 aliphatic carbocycles. The minimum Gasteiger partial charge on any atom is -0.392 e. The highest BCUT2D eigenvalue weighted by Crippen LogP contribution is 2.72. The van der Waals surface area contributed by atoms with E-state index in [1.807, 2.05) is 13.8 Å². The van der Waals surface area contributed by atoms with Gasteiger partial charge in [0.2, 0.25) is 0 Å². The third kappa shape index (κ3) is 2.00. The van der Waals surface area contributed by atoms with Crippen molar-refractivity contribution in [3.05, 3.63) is 12.2 Å². The number of hydrogen-bond donors (Lipinski definition) is 2. The van der Waals surface area contributed by atoms with E-state index in [4.69, 9.17) is 9.47 Å². The minimum absolute atomic E-state index is 0.0194. The lowest BCUT2D eigenvalue weighted by molar-refractivity contribution is -0.378. The van der Waals surface area contributed by atoms with E-state index in [0.29, 0.717) is 18.6 Å². The molecule has 1 aliphatic heterocycles. The van der Waals surface area contributed by atoms with Gasteiger partial charge in [-0.1, -0.05) is 20.4 Å². The first kappa shape index (κ1) is 19.2. The van der Waals surface area contributed by atoms with E-state index in [-0.39, 0.29) is 40.5 Å². The lowest BCUT2D eigenvalue weighted by atomic mass is 9.38. The van der Waals surface area contributed by atoms with Gasteiger partial charge in [0.15, 0.2) is 11.6 Å². The van der Waals surface area contributed by atoms with Crippen LogP contribution in [-0.2, 0) is 14.3 Å². The van der Waals surface area contributed by atoms with Gasteiger partial charge in [-0.05, 0) is 68.8 Å². The Morgan fingerprint density at radius 2 is 1.79 bits per heavy atom. The topological polar surface area (TPSA) is 76.0 Å². The quantitative estimate of drug-likeness (QED) is 0.622. The van der Waals surface area contributed by atoms with Crippen molar-refractivity contribution in [2.24, 2.45) is 34.0 Å². The molecule has 2 spiro atoms. The summed E-state index contributed by atoms with van der Waals surface area (Å²) in [6.07, 6.45) is 2.30. The molecule has 8 atom stereocenters. The van der Waals surface area contributed by atoms with Crippen LogP contribution in [0.3, 0.4) is 0 Å². The van der Waals surface area contributed by atoms with Gasteiger partial charge in [0.1, 0.15) is 0 Å². The second kappa shape index (κ2) is 5.48. The van der Waals surface area contributed by atoms with E-state index in [9.17, 15) is 15.0 Å². The van der Waals surface area contributed by atoms with Gasteiger partial charge >= 0.3 is 0 Å². The smallest absolute Gasteiger partial charge is 0.170 e. The lowest BCUT2D eigenvalue weighted by Gasteiger charge is -2.69. The molecule has 2 bridgehead atoms. The SMILES string of the molecule is C=C1C(=O)[C@@]23[C@H](O)C[C@@H]4C(C)(C)CC[C@@H]5OC(C)(C)OC[C@@]54[C@@H]2CC[C@@H]1[C@H]3O. The fourth-order valence-electron chi connectivity index (χ4n) is 8.14. The Morgan fingerprint density at radius 1 is 1.07 bits per heavy atom. The first-order chi connectivity index (χ1) is 13.0. The number of hydrogen-bond acceptors (Lipinski definition) is 5. The Morgan fingerprint density at radius 3 is 2.50 bits per heavy atom. The van der Waals surface area contributed by atoms with Crippen LogP contribution in [0.2, 0.25) is 0 Å². The predicted octanol–water partition coefficient (Wildman–Crippen LogP) is 2.84. The zero-order valence-corrected chi connectivity index (χ0v) is 17.5. The summed E-state index contributed by atoms with van der Waals surface area (Å²) >= 11 is 0. The van der Waals surface area contributed by atoms with Crippen molar-refractivity contribution in [1.82, 2.24) is 0 Å². The van der Waals surface area contributed by atoms with Crippen molar-refractivity contribution >= 4 is 5.78 Å². The van der Waals surface area contributed by atoms with Crippen LogP contribution >= 0.6 is 0 Å². The number of carbonyl (C=O) groups is 1. The molecule has 0 unspecified atom stereocenters. The normalized spacial score (nSPS) is 53.9. The molecule has 0 aromatic rings. The molecular weight excluding hydrogens is 356 g/mol. The average molecular weight is 391 g/mol. The first-order valence-corrected chi connectivity index (χ1v) is 10.9. The maximum Gasteiger partial charge on any atom is 0.170 e. The second-order valence-electron chi connectivity index (χ2n) is 11.2. The number of fused-ring (bicyclic) bond motifs is 1. The fourth-order valence-corrected chi connectivity index (χ4v) is 8.14. The van der Waals surface area contributed by atoms with Crippen LogP contribution in [0.15, 0.2) is 12.2 Å². The summed E-state index contributed by atoms with van der Waals surface area (Å²) in [7, 11) is 0. The number of Topliss-reactive ketones (excluding diaryl/α,β-unsaturated/α-hetero) is 1. The molecule has 5 rings (SSSR count). The molecule has 0 amide bonds. The maximum absolute atomic E-state index is 13.5. The van der Waals surface area contributed by atoms with Gasteiger partial charge in [-0.25, -0.2) is 0 Å². The molecule has 0 aromatic carbocycles. The predicted molar refractivity (Wildman–Crippen MR) is 103 cm³/mol. The standard InChI is InChI=1S/C23H34O5/c1-12-13-6-7-14-22-11-27-21(4,5)28-17(22)8-9-20(2,3)15(22)10-16(24)23(14,18(12)25)19(13)26/h13-17,19,24,26H,1,6-11H2,2-5H3/t13-,14-,15+,16+,17-,19+,22-,23-/m0/s1. The van der Waals surface area contributed by atoms with Crippen molar-refractivity contribution in [2.45, 2.75) is 83.9 Å². The Labute approximate surface area is 167 Å². The number of aliphatic hydroxyl groups is 2. The molecule has 0 aromatic heterocycles. The number of rotatable bonds is 0. The Hall–Kier alpha value is -0.750. The van der Waals surface area contributed by atoms with Crippen molar-refractivity contribution in [1.29, 1.82) is 0 Å². The van der Waals surface area contributed by atoms with Crippen LogP contribution in [-0.4, -0.2) is 46.7 Å². The zero-order valence-electron chi connectivity index (χ0n) is 17.5. The molecule has 1 heterocycles. The highest BCUT2D eigenvalue weighted by atomic mass is 16.7. The summed E-state index contributed by atoms with van der Waals surface area (Å²) in [5, 5.41) is 22.7. The number of aliphatic hydroxyl groups excluding tert-OH is 2. The summed E-state index contributed by atoms with van der Waals surface area (Å²) in [6, 6.07) is 0. The van der Waals surface area contributed by atoms with Crippen LogP contribution in [0, 0.1) is 34.0 Å². The molecule has 4 saturated carbocycles. The van der Waals surface area contributed by atoms with Crippen LogP contribution in [0.25, 0.3) is 0 Å². The van der Waals surface area contributed by atoms with Crippen molar-refractivity contribution in [3.8, 4) is 0 Å². The molecule has 2 N–H and O–H groups in total. The Bertz CT molecular complexity index is 741. The van der Waals surface area contributed by atoms with Gasteiger partial charge in [-0.15, -0.1) is 0 Å². The monoisotopic (exact) mass is 390 g/mol. The molecule has 1 saturated heterocycles. The van der Waals surface area contributed by atoms with Crippen LogP contribution in [0.5, 0.6) is 0 Å². The molecular formula is C23H34O5. The van der Waals surface area contributed by atoms with E-state index < -0.39 is 23.4 Å². The largest absolute Gasteiger partial charge is 0.392 e. The van der Waals surface area contributed by atoms with Crippen LogP contribution in [0.1, 0.15) is 59.8 Å². The average Bonchev–Trinajstić information content (AvgIpc) is 2.72. The summed E-state index contributed by atoms with van der Waals surface area (Å²) in [6.45, 7) is 13.0. The van der Waals surface area contributed by atoms with E-state index in [1.165, 1.54) is 0 Å². The number of ether oxygens (including phenoxy) is 2. The van der Waals surface area contributed by atoms with E-state index in [1.54, 1.807) is 0 Å². The zero-order chi connectivity index (χ0) is 20.3. The lowest BCUT2D eigenvalue weighted by Crippen LogP contribution is -2.74. The van der Waals surface area contributed by atoms with Crippen molar-refractivity contribution < 1.29 is 24.5 Å². The number of carbonyl (C=O) groups excluding carboxylic acids is 1. The molecule has 5 aliphatic rings. The molecule has 5 fully saturated rings. The molecule has 28 heavy (non-hydrogen) atoms. The minimum atomic E-state index is -1.14. The van der Waals surface area contributed by atoms with Gasteiger partial charge in [0.05, 0.1) is 30.3 Å². The molecule has 156 valence electrons. The maximum atomic E-state index is 13.5.